The van der Waals surface area contributed by atoms with Crippen molar-refractivity contribution in [3.63, 3.8) is 0 Å². The quantitative estimate of drug-likeness (QED) is 0.804. The maximum Gasteiger partial charge on any atom is 0.0180 e. The van der Waals surface area contributed by atoms with E-state index in [4.69, 9.17) is 5.73 Å². The minimum Gasteiger partial charge on any atom is -0.326 e. The largest absolute Gasteiger partial charge is 0.326 e. The van der Waals surface area contributed by atoms with Gasteiger partial charge in [-0.1, -0.05) is 64.8 Å². The highest BCUT2D eigenvalue weighted by molar-refractivity contribution is 5.31. The highest BCUT2D eigenvalue weighted by Crippen LogP contribution is 2.12. The molecule has 0 saturated carbocycles. The van der Waals surface area contributed by atoms with E-state index in [0.717, 1.165) is 6.42 Å². The van der Waals surface area contributed by atoms with Crippen molar-refractivity contribution in [2.75, 3.05) is 0 Å². The van der Waals surface area contributed by atoms with Crippen LogP contribution in [-0.4, -0.2) is 0 Å². The summed E-state index contributed by atoms with van der Waals surface area (Å²) < 4.78 is 0. The van der Waals surface area contributed by atoms with E-state index in [1.807, 2.05) is 27.7 Å². The maximum atomic E-state index is 5.63. The van der Waals surface area contributed by atoms with Crippen molar-refractivity contribution in [3.05, 3.63) is 34.9 Å². The molecule has 1 aromatic carbocycles. The van der Waals surface area contributed by atoms with Crippen LogP contribution in [0.2, 0.25) is 0 Å². The molecule has 0 radical (unpaired) electrons. The minimum absolute atomic E-state index is 0.662. The van der Waals surface area contributed by atoms with Gasteiger partial charge in [-0.15, -0.1) is 0 Å². The molecule has 1 nitrogen and oxygen atoms in total. The first kappa shape index (κ1) is 17.6. The summed E-state index contributed by atoms with van der Waals surface area (Å²) in [7, 11) is 0. The second-order valence-electron chi connectivity index (χ2n) is 3.23. The summed E-state index contributed by atoms with van der Waals surface area (Å²) in [5.74, 6) is 0. The minimum atomic E-state index is 0.662. The molecule has 1 heteroatoms. The number of benzene rings is 1. The Morgan fingerprint density at radius 3 is 2.00 bits per heavy atom. The molecule has 2 N–H and O–H groups in total. The first-order chi connectivity index (χ1) is 7.77. The van der Waals surface area contributed by atoms with Crippen LogP contribution in [0, 0.1) is 6.92 Å². The van der Waals surface area contributed by atoms with Crippen molar-refractivity contribution in [3.8, 4) is 0 Å². The number of nitrogens with two attached hydrogens (primary N) is 1. The van der Waals surface area contributed by atoms with Crippen LogP contribution in [-0.2, 0) is 13.0 Å². The van der Waals surface area contributed by atoms with Gasteiger partial charge in [-0.05, 0) is 24.5 Å². The fourth-order valence-electron chi connectivity index (χ4n) is 1.46. The van der Waals surface area contributed by atoms with E-state index < -0.39 is 0 Å². The third kappa shape index (κ3) is 6.62. The van der Waals surface area contributed by atoms with Gasteiger partial charge in [-0.2, -0.15) is 0 Å². The van der Waals surface area contributed by atoms with Crippen LogP contribution >= 0.6 is 0 Å². The lowest BCUT2D eigenvalue weighted by Gasteiger charge is -2.07. The molecule has 0 bridgehead atoms. The van der Waals surface area contributed by atoms with Crippen molar-refractivity contribution >= 4 is 0 Å². The van der Waals surface area contributed by atoms with Gasteiger partial charge in [-0.25, -0.2) is 0 Å². The number of hydrogen-bond donors (Lipinski definition) is 1. The van der Waals surface area contributed by atoms with Crippen molar-refractivity contribution in [2.45, 2.75) is 60.9 Å². The second-order valence-corrected chi connectivity index (χ2v) is 3.23. The zero-order chi connectivity index (χ0) is 13.0. The van der Waals surface area contributed by atoms with Gasteiger partial charge in [0.25, 0.3) is 0 Å². The molecule has 0 aliphatic rings. The number of aryl methyl sites for hydroxylation is 2. The average molecular weight is 223 g/mol. The van der Waals surface area contributed by atoms with Crippen molar-refractivity contribution in [1.82, 2.24) is 0 Å². The first-order valence-electron chi connectivity index (χ1n) is 6.56. The normalized spacial score (nSPS) is 8.44. The standard InChI is InChI=1S/C11H17N.2C2H6/c1-3-4-10-7-9(2)5-6-11(10)8-12;2*1-2/h5-7H,3-4,8,12H2,1-2H3;2*1-2H3. The third-order valence-electron chi connectivity index (χ3n) is 2.10. The van der Waals surface area contributed by atoms with Gasteiger partial charge in [-0.3, -0.25) is 0 Å². The van der Waals surface area contributed by atoms with Gasteiger partial charge in [0.05, 0.1) is 0 Å². The van der Waals surface area contributed by atoms with E-state index in [1.165, 1.54) is 23.1 Å². The lowest BCUT2D eigenvalue weighted by Crippen LogP contribution is -2.01. The predicted octanol–water partition coefficient (Wildman–Crippen LogP) is 4.46. The van der Waals surface area contributed by atoms with Gasteiger partial charge in [0.15, 0.2) is 0 Å². The topological polar surface area (TPSA) is 26.0 Å². The molecule has 0 fully saturated rings. The van der Waals surface area contributed by atoms with E-state index in [-0.39, 0.29) is 0 Å². The van der Waals surface area contributed by atoms with Crippen molar-refractivity contribution in [2.24, 2.45) is 5.73 Å². The summed E-state index contributed by atoms with van der Waals surface area (Å²) in [6.07, 6.45) is 2.34. The fraction of sp³-hybridized carbons (Fsp3) is 0.600. The Morgan fingerprint density at radius 1 is 1.00 bits per heavy atom. The summed E-state index contributed by atoms with van der Waals surface area (Å²) >= 11 is 0. The lowest BCUT2D eigenvalue weighted by molar-refractivity contribution is 0.891. The van der Waals surface area contributed by atoms with Crippen LogP contribution in [0.5, 0.6) is 0 Å². The Morgan fingerprint density at radius 2 is 1.56 bits per heavy atom. The summed E-state index contributed by atoms with van der Waals surface area (Å²) in [5.41, 5.74) is 9.67. The molecule has 16 heavy (non-hydrogen) atoms. The van der Waals surface area contributed by atoms with Gasteiger partial charge >= 0.3 is 0 Å². The Labute approximate surface area is 102 Å². The van der Waals surface area contributed by atoms with Crippen LogP contribution in [0.3, 0.4) is 0 Å². The molecule has 0 amide bonds. The molecule has 1 aromatic rings. The van der Waals surface area contributed by atoms with Gasteiger partial charge in [0.1, 0.15) is 0 Å². The molecule has 0 saturated heterocycles. The maximum absolute atomic E-state index is 5.63. The second kappa shape index (κ2) is 12.3. The Bertz CT molecular complexity index is 254. The lowest BCUT2D eigenvalue weighted by atomic mass is 10.0. The Kier molecular flexibility index (Phi) is 13.5. The summed E-state index contributed by atoms with van der Waals surface area (Å²) in [6, 6.07) is 6.51. The molecule has 0 spiro atoms. The third-order valence-corrected chi connectivity index (χ3v) is 2.10. The van der Waals surface area contributed by atoms with E-state index in [0.29, 0.717) is 6.54 Å². The van der Waals surface area contributed by atoms with Crippen molar-refractivity contribution in [1.29, 1.82) is 0 Å². The smallest absolute Gasteiger partial charge is 0.0180 e. The van der Waals surface area contributed by atoms with E-state index in [1.54, 1.807) is 0 Å². The van der Waals surface area contributed by atoms with E-state index in [9.17, 15) is 0 Å². The summed E-state index contributed by atoms with van der Waals surface area (Å²) in [5, 5.41) is 0. The molecule has 0 aliphatic carbocycles. The SMILES string of the molecule is CC.CC.CCCc1cc(C)ccc1CN. The van der Waals surface area contributed by atoms with Crippen LogP contribution in [0.4, 0.5) is 0 Å². The summed E-state index contributed by atoms with van der Waals surface area (Å²) in [4.78, 5) is 0. The first-order valence-corrected chi connectivity index (χ1v) is 6.56. The molecule has 0 unspecified atom stereocenters. The molecule has 0 heterocycles. The molecule has 0 aromatic heterocycles. The van der Waals surface area contributed by atoms with Gasteiger partial charge < -0.3 is 5.73 Å². The molecule has 0 atom stereocenters. The predicted molar refractivity (Wildman–Crippen MR) is 75.8 cm³/mol. The molecule has 1 rings (SSSR count). The highest BCUT2D eigenvalue weighted by atomic mass is 14.5. The Balaban J connectivity index is 0. The van der Waals surface area contributed by atoms with Gasteiger partial charge in [0.2, 0.25) is 0 Å². The molecular formula is C15H29N. The molecule has 0 aliphatic heterocycles. The Hall–Kier alpha value is -0.820. The van der Waals surface area contributed by atoms with E-state index >= 15 is 0 Å². The zero-order valence-corrected chi connectivity index (χ0v) is 11.9. The van der Waals surface area contributed by atoms with Crippen LogP contribution in [0.25, 0.3) is 0 Å². The number of hydrogen-bond acceptors (Lipinski definition) is 1. The van der Waals surface area contributed by atoms with Crippen LogP contribution in [0.1, 0.15) is 57.7 Å². The zero-order valence-electron chi connectivity index (χ0n) is 11.9. The van der Waals surface area contributed by atoms with E-state index in [2.05, 4.69) is 32.0 Å². The fourth-order valence-corrected chi connectivity index (χ4v) is 1.46. The number of rotatable bonds is 3. The van der Waals surface area contributed by atoms with Crippen LogP contribution < -0.4 is 5.73 Å². The summed E-state index contributed by atoms with van der Waals surface area (Å²) in [6.45, 7) is 13.0. The monoisotopic (exact) mass is 223 g/mol. The average Bonchev–Trinajstić information content (AvgIpc) is 2.35. The highest BCUT2D eigenvalue weighted by Gasteiger charge is 1.99. The van der Waals surface area contributed by atoms with Crippen LogP contribution in [0.15, 0.2) is 18.2 Å². The van der Waals surface area contributed by atoms with Crippen molar-refractivity contribution < 1.29 is 0 Å². The van der Waals surface area contributed by atoms with Gasteiger partial charge in [0, 0.05) is 6.54 Å². The molecular weight excluding hydrogens is 194 g/mol. The molecule has 94 valence electrons.